The Morgan fingerprint density at radius 2 is 1.94 bits per heavy atom. The molecule has 0 aromatic heterocycles. The van der Waals surface area contributed by atoms with E-state index in [4.69, 9.17) is 0 Å². The number of rotatable bonds is 4. The van der Waals surface area contributed by atoms with E-state index in [9.17, 15) is 19.8 Å². The number of ketones is 1. The monoisotopic (exact) mass is 257 g/mol. The van der Waals surface area contributed by atoms with E-state index in [2.05, 4.69) is 0 Å². The van der Waals surface area contributed by atoms with Gasteiger partial charge in [0.05, 0.1) is 6.04 Å². The quantitative estimate of drug-likeness (QED) is 0.573. The van der Waals surface area contributed by atoms with Crippen molar-refractivity contribution in [2.75, 3.05) is 6.54 Å². The molecule has 1 aliphatic rings. The molecule has 0 aromatic rings. The summed E-state index contributed by atoms with van der Waals surface area (Å²) in [6.07, 6.45) is 1.18. The molecule has 1 rings (SSSR count). The second-order valence-electron chi connectivity index (χ2n) is 5.54. The zero-order valence-electron chi connectivity index (χ0n) is 11.3. The Bertz CT molecular complexity index is 325. The summed E-state index contributed by atoms with van der Waals surface area (Å²) in [5, 5.41) is 18.6. The highest BCUT2D eigenvalue weighted by atomic mass is 16.5. The van der Waals surface area contributed by atoms with Crippen molar-refractivity contribution in [3.63, 3.8) is 0 Å². The summed E-state index contributed by atoms with van der Waals surface area (Å²) in [7, 11) is 0. The summed E-state index contributed by atoms with van der Waals surface area (Å²) in [6.45, 7) is 5.76. The first kappa shape index (κ1) is 15.1. The number of hydrogen-bond donors (Lipinski definition) is 2. The van der Waals surface area contributed by atoms with Crippen LogP contribution in [-0.4, -0.2) is 45.7 Å². The fraction of sp³-hybridized carbons (Fsp3) is 0.846. The first-order valence-corrected chi connectivity index (χ1v) is 6.52. The van der Waals surface area contributed by atoms with Crippen molar-refractivity contribution in [1.82, 2.24) is 4.90 Å². The zero-order chi connectivity index (χ0) is 13.9. The average Bonchev–Trinajstić information content (AvgIpc) is 2.36. The SMILES string of the molecule is CCC(C)(C)C(=O)C(=O)N1CCCCC1C(O)O. The molecule has 2 N–H and O–H groups in total. The third-order valence-electron chi connectivity index (χ3n) is 3.85. The van der Waals surface area contributed by atoms with Crippen molar-refractivity contribution < 1.29 is 19.8 Å². The Morgan fingerprint density at radius 3 is 2.44 bits per heavy atom. The highest BCUT2D eigenvalue weighted by Crippen LogP contribution is 2.25. The van der Waals surface area contributed by atoms with Gasteiger partial charge in [-0.2, -0.15) is 0 Å². The van der Waals surface area contributed by atoms with Crippen LogP contribution in [0.4, 0.5) is 0 Å². The van der Waals surface area contributed by atoms with Crippen molar-refractivity contribution in [2.45, 2.75) is 58.8 Å². The maximum absolute atomic E-state index is 12.2. The molecule has 0 radical (unpaired) electrons. The summed E-state index contributed by atoms with van der Waals surface area (Å²) in [5.41, 5.74) is -0.695. The lowest BCUT2D eigenvalue weighted by molar-refractivity contribution is -0.161. The van der Waals surface area contributed by atoms with Gasteiger partial charge in [-0.3, -0.25) is 9.59 Å². The van der Waals surface area contributed by atoms with Crippen molar-refractivity contribution in [1.29, 1.82) is 0 Å². The number of aliphatic hydroxyl groups is 2. The van der Waals surface area contributed by atoms with Gasteiger partial charge in [-0.15, -0.1) is 0 Å². The van der Waals surface area contributed by atoms with E-state index >= 15 is 0 Å². The molecule has 0 aromatic carbocycles. The van der Waals surface area contributed by atoms with E-state index in [-0.39, 0.29) is 0 Å². The standard InChI is InChI=1S/C13H23NO4/c1-4-13(2,3)10(15)11(16)14-8-6-5-7-9(14)12(17)18/h9,12,17-18H,4-8H2,1-3H3. The summed E-state index contributed by atoms with van der Waals surface area (Å²) in [4.78, 5) is 25.6. The van der Waals surface area contributed by atoms with Gasteiger partial charge in [-0.25, -0.2) is 0 Å². The number of amides is 1. The molecular weight excluding hydrogens is 234 g/mol. The molecular formula is C13H23NO4. The third kappa shape index (κ3) is 3.09. The van der Waals surface area contributed by atoms with Crippen molar-refractivity contribution in [3.8, 4) is 0 Å². The summed E-state index contributed by atoms with van der Waals surface area (Å²) < 4.78 is 0. The molecule has 5 nitrogen and oxygen atoms in total. The third-order valence-corrected chi connectivity index (χ3v) is 3.85. The molecule has 0 saturated carbocycles. The topological polar surface area (TPSA) is 77.8 Å². The van der Waals surface area contributed by atoms with Crippen LogP contribution in [0.1, 0.15) is 46.5 Å². The summed E-state index contributed by atoms with van der Waals surface area (Å²) in [5.74, 6) is -1.03. The lowest BCUT2D eigenvalue weighted by atomic mass is 9.84. The van der Waals surface area contributed by atoms with Crippen LogP contribution in [0.2, 0.25) is 0 Å². The van der Waals surface area contributed by atoms with Gasteiger partial charge in [0.1, 0.15) is 0 Å². The summed E-state index contributed by atoms with van der Waals surface area (Å²) in [6, 6.07) is -0.650. The fourth-order valence-electron chi connectivity index (χ4n) is 2.10. The van der Waals surface area contributed by atoms with Crippen LogP contribution < -0.4 is 0 Å². The average molecular weight is 257 g/mol. The molecule has 1 heterocycles. The van der Waals surface area contributed by atoms with Crippen LogP contribution in [0.3, 0.4) is 0 Å². The fourth-order valence-corrected chi connectivity index (χ4v) is 2.10. The second-order valence-corrected chi connectivity index (χ2v) is 5.54. The molecule has 1 saturated heterocycles. The Hall–Kier alpha value is -0.940. The van der Waals surface area contributed by atoms with Crippen LogP contribution in [0.5, 0.6) is 0 Å². The van der Waals surface area contributed by atoms with Crippen LogP contribution in [0.25, 0.3) is 0 Å². The smallest absolute Gasteiger partial charge is 0.290 e. The molecule has 1 amide bonds. The number of nitrogens with zero attached hydrogens (tertiary/aromatic N) is 1. The number of carbonyl (C=O) groups excluding carboxylic acids is 2. The summed E-state index contributed by atoms with van der Waals surface area (Å²) >= 11 is 0. The van der Waals surface area contributed by atoms with Gasteiger partial charge in [0.2, 0.25) is 5.78 Å². The lowest BCUT2D eigenvalue weighted by Crippen LogP contribution is -2.53. The highest BCUT2D eigenvalue weighted by molar-refractivity contribution is 6.38. The maximum Gasteiger partial charge on any atom is 0.290 e. The van der Waals surface area contributed by atoms with Gasteiger partial charge in [0.15, 0.2) is 6.29 Å². The zero-order valence-corrected chi connectivity index (χ0v) is 11.3. The van der Waals surface area contributed by atoms with E-state index in [1.807, 2.05) is 6.92 Å². The minimum Gasteiger partial charge on any atom is -0.366 e. The molecule has 0 spiro atoms. The van der Waals surface area contributed by atoms with E-state index in [1.54, 1.807) is 13.8 Å². The number of likely N-dealkylation sites (tertiary alicyclic amines) is 1. The molecule has 0 aliphatic carbocycles. The molecule has 18 heavy (non-hydrogen) atoms. The number of hydrogen-bond acceptors (Lipinski definition) is 4. The van der Waals surface area contributed by atoms with E-state index in [1.165, 1.54) is 4.90 Å². The first-order chi connectivity index (χ1) is 8.31. The highest BCUT2D eigenvalue weighted by Gasteiger charge is 2.39. The molecule has 0 bridgehead atoms. The minimum absolute atomic E-state index is 0.423. The van der Waals surface area contributed by atoms with Crippen molar-refractivity contribution >= 4 is 11.7 Å². The predicted octanol–water partition coefficient (Wildman–Crippen LogP) is 0.683. The predicted molar refractivity (Wildman–Crippen MR) is 66.7 cm³/mol. The van der Waals surface area contributed by atoms with Crippen LogP contribution in [0, 0.1) is 5.41 Å². The number of aliphatic hydroxyl groups excluding tert-OH is 1. The molecule has 1 unspecified atom stereocenters. The van der Waals surface area contributed by atoms with Crippen molar-refractivity contribution in [2.24, 2.45) is 5.41 Å². The Kier molecular flexibility index (Phi) is 4.87. The number of carbonyl (C=O) groups is 2. The molecule has 1 aliphatic heterocycles. The Labute approximate surface area is 108 Å². The van der Waals surface area contributed by atoms with E-state index < -0.39 is 29.4 Å². The van der Waals surface area contributed by atoms with E-state index in [0.717, 1.165) is 12.8 Å². The van der Waals surface area contributed by atoms with Gasteiger partial charge >= 0.3 is 0 Å². The van der Waals surface area contributed by atoms with Crippen molar-refractivity contribution in [3.05, 3.63) is 0 Å². The lowest BCUT2D eigenvalue weighted by Gasteiger charge is -2.37. The molecule has 5 heteroatoms. The minimum atomic E-state index is -1.58. The molecule has 1 atom stereocenters. The normalized spacial score (nSPS) is 21.2. The molecule has 1 fully saturated rings. The maximum atomic E-state index is 12.2. The second kappa shape index (κ2) is 5.80. The van der Waals surface area contributed by atoms with Crippen LogP contribution >= 0.6 is 0 Å². The molecule has 104 valence electrons. The van der Waals surface area contributed by atoms with E-state index in [0.29, 0.717) is 19.4 Å². The van der Waals surface area contributed by atoms with Gasteiger partial charge in [-0.05, 0) is 25.7 Å². The first-order valence-electron chi connectivity index (χ1n) is 6.52. The van der Waals surface area contributed by atoms with Crippen LogP contribution in [0.15, 0.2) is 0 Å². The van der Waals surface area contributed by atoms with Gasteiger partial charge < -0.3 is 15.1 Å². The number of piperidine rings is 1. The van der Waals surface area contributed by atoms with Crippen LogP contribution in [-0.2, 0) is 9.59 Å². The Balaban J connectivity index is 2.84. The van der Waals surface area contributed by atoms with Gasteiger partial charge in [-0.1, -0.05) is 20.8 Å². The Morgan fingerprint density at radius 1 is 1.33 bits per heavy atom. The largest absolute Gasteiger partial charge is 0.366 e. The number of Topliss-reactive ketones (excluding diaryl/α,β-unsaturated/α-hetero) is 1. The van der Waals surface area contributed by atoms with Gasteiger partial charge in [0.25, 0.3) is 5.91 Å². The van der Waals surface area contributed by atoms with Gasteiger partial charge in [0, 0.05) is 12.0 Å².